The van der Waals surface area contributed by atoms with Gasteiger partial charge in [0, 0.05) is 0 Å². The number of carboxylic acid groups (broad SMARTS) is 1. The number of amides is 1. The van der Waals surface area contributed by atoms with E-state index in [1.807, 2.05) is 0 Å². The van der Waals surface area contributed by atoms with E-state index < -0.39 is 17.6 Å². The number of rotatable bonds is 2. The molecule has 0 atom stereocenters. The van der Waals surface area contributed by atoms with E-state index in [-0.39, 0.29) is 0 Å². The lowest BCUT2D eigenvalue weighted by atomic mass is 9.77. The van der Waals surface area contributed by atoms with Crippen molar-refractivity contribution in [2.75, 3.05) is 7.11 Å². The minimum absolute atomic E-state index is 0.484. The fourth-order valence-electron chi connectivity index (χ4n) is 1.17. The molecule has 0 spiro atoms. The van der Waals surface area contributed by atoms with Crippen LogP contribution in [0.1, 0.15) is 19.3 Å². The topological polar surface area (TPSA) is 75.6 Å². The second-order valence-electron chi connectivity index (χ2n) is 2.86. The van der Waals surface area contributed by atoms with Gasteiger partial charge in [-0.1, -0.05) is 0 Å². The van der Waals surface area contributed by atoms with Crippen molar-refractivity contribution in [3.8, 4) is 0 Å². The third-order valence-corrected chi connectivity index (χ3v) is 2.14. The highest BCUT2D eigenvalue weighted by Crippen LogP contribution is 2.31. The lowest BCUT2D eigenvalue weighted by Crippen LogP contribution is -2.59. The Morgan fingerprint density at radius 3 is 2.33 bits per heavy atom. The molecule has 1 aliphatic carbocycles. The summed E-state index contributed by atoms with van der Waals surface area (Å²) in [6.45, 7) is 0. The van der Waals surface area contributed by atoms with Crippen molar-refractivity contribution in [1.29, 1.82) is 0 Å². The molecule has 0 unspecified atom stereocenters. The first kappa shape index (κ1) is 8.83. The number of hydrogen-bond donors (Lipinski definition) is 2. The standard InChI is InChI=1S/C7H11NO4/c1-12-6(11)8-7(5(9)10)3-2-4-7/h2-4H2,1H3,(H,8,11)(H,9,10). The lowest BCUT2D eigenvalue weighted by Gasteiger charge is -2.37. The molecule has 12 heavy (non-hydrogen) atoms. The molecule has 0 aliphatic heterocycles. The first-order chi connectivity index (χ1) is 5.60. The second-order valence-corrected chi connectivity index (χ2v) is 2.86. The van der Waals surface area contributed by atoms with Crippen molar-refractivity contribution >= 4 is 12.1 Å². The largest absolute Gasteiger partial charge is 0.480 e. The van der Waals surface area contributed by atoms with Gasteiger partial charge in [0.15, 0.2) is 0 Å². The number of nitrogens with one attached hydrogen (secondary N) is 1. The summed E-state index contributed by atoms with van der Waals surface area (Å²) in [6, 6.07) is 0. The fraction of sp³-hybridized carbons (Fsp3) is 0.714. The Hall–Kier alpha value is -1.26. The molecule has 0 aromatic carbocycles. The quantitative estimate of drug-likeness (QED) is 0.631. The SMILES string of the molecule is COC(=O)NC1(C(=O)O)CCC1. The van der Waals surface area contributed by atoms with Crippen LogP contribution < -0.4 is 5.32 Å². The summed E-state index contributed by atoms with van der Waals surface area (Å²) >= 11 is 0. The van der Waals surface area contributed by atoms with E-state index >= 15 is 0 Å². The zero-order valence-corrected chi connectivity index (χ0v) is 6.79. The summed E-state index contributed by atoms with van der Waals surface area (Å²) in [6.07, 6.45) is 1.11. The summed E-state index contributed by atoms with van der Waals surface area (Å²) in [5, 5.41) is 11.1. The van der Waals surface area contributed by atoms with Crippen LogP contribution in [0.3, 0.4) is 0 Å². The van der Waals surface area contributed by atoms with Crippen LogP contribution in [0.4, 0.5) is 4.79 Å². The molecular formula is C7H11NO4. The minimum atomic E-state index is -1.06. The molecule has 1 aliphatic rings. The van der Waals surface area contributed by atoms with Gasteiger partial charge in [0.25, 0.3) is 0 Å². The molecule has 0 saturated heterocycles. The van der Waals surface area contributed by atoms with Gasteiger partial charge in [-0.3, -0.25) is 0 Å². The van der Waals surface area contributed by atoms with E-state index in [9.17, 15) is 9.59 Å². The summed E-state index contributed by atoms with van der Waals surface area (Å²) in [4.78, 5) is 21.4. The Morgan fingerprint density at radius 1 is 1.50 bits per heavy atom. The highest BCUT2D eigenvalue weighted by atomic mass is 16.5. The van der Waals surface area contributed by atoms with Crippen LogP contribution in [-0.2, 0) is 9.53 Å². The van der Waals surface area contributed by atoms with Crippen LogP contribution in [0.25, 0.3) is 0 Å². The van der Waals surface area contributed by atoms with Gasteiger partial charge in [-0.25, -0.2) is 9.59 Å². The molecule has 0 radical (unpaired) electrons. The van der Waals surface area contributed by atoms with Crippen molar-refractivity contribution in [2.24, 2.45) is 0 Å². The molecule has 1 amide bonds. The molecular weight excluding hydrogens is 162 g/mol. The van der Waals surface area contributed by atoms with Crippen LogP contribution >= 0.6 is 0 Å². The fourth-order valence-corrected chi connectivity index (χ4v) is 1.17. The Balaban J connectivity index is 2.56. The Kier molecular flexibility index (Phi) is 2.21. The molecule has 1 saturated carbocycles. The normalized spacial score (nSPS) is 19.1. The summed E-state index contributed by atoms with van der Waals surface area (Å²) in [5.74, 6) is -0.987. The Morgan fingerprint density at radius 2 is 2.08 bits per heavy atom. The van der Waals surface area contributed by atoms with Gasteiger partial charge >= 0.3 is 12.1 Å². The number of methoxy groups -OCH3 is 1. The van der Waals surface area contributed by atoms with Gasteiger partial charge in [0.05, 0.1) is 7.11 Å². The smallest absolute Gasteiger partial charge is 0.407 e. The van der Waals surface area contributed by atoms with Gasteiger partial charge in [-0.05, 0) is 19.3 Å². The molecule has 0 aromatic heterocycles. The number of ether oxygens (including phenoxy) is 1. The molecule has 1 fully saturated rings. The zero-order valence-electron chi connectivity index (χ0n) is 6.79. The van der Waals surface area contributed by atoms with E-state index in [2.05, 4.69) is 10.1 Å². The van der Waals surface area contributed by atoms with Gasteiger partial charge in [0.2, 0.25) is 0 Å². The minimum Gasteiger partial charge on any atom is -0.480 e. The summed E-state index contributed by atoms with van der Waals surface area (Å²) in [7, 11) is 1.21. The number of carboxylic acids is 1. The number of hydrogen-bond acceptors (Lipinski definition) is 3. The second kappa shape index (κ2) is 3.00. The molecule has 1 rings (SSSR count). The lowest BCUT2D eigenvalue weighted by molar-refractivity contribution is -0.148. The third kappa shape index (κ3) is 1.34. The molecule has 0 heterocycles. The molecule has 2 N–H and O–H groups in total. The van der Waals surface area contributed by atoms with Gasteiger partial charge in [-0.2, -0.15) is 0 Å². The highest BCUT2D eigenvalue weighted by Gasteiger charge is 2.45. The monoisotopic (exact) mass is 173 g/mol. The van der Waals surface area contributed by atoms with Crippen LogP contribution in [0.2, 0.25) is 0 Å². The average molecular weight is 173 g/mol. The molecule has 5 heteroatoms. The van der Waals surface area contributed by atoms with Gasteiger partial charge < -0.3 is 15.2 Å². The number of aliphatic carboxylic acids is 1. The number of carbonyl (C=O) groups is 2. The zero-order chi connectivity index (χ0) is 9.19. The van der Waals surface area contributed by atoms with Crippen LogP contribution in [-0.4, -0.2) is 29.8 Å². The molecule has 5 nitrogen and oxygen atoms in total. The maximum Gasteiger partial charge on any atom is 0.407 e. The first-order valence-electron chi connectivity index (χ1n) is 3.70. The first-order valence-corrected chi connectivity index (χ1v) is 3.70. The predicted molar refractivity (Wildman–Crippen MR) is 39.8 cm³/mol. The van der Waals surface area contributed by atoms with Crippen LogP contribution in [0, 0.1) is 0 Å². The van der Waals surface area contributed by atoms with E-state index in [4.69, 9.17) is 5.11 Å². The van der Waals surface area contributed by atoms with Crippen molar-refractivity contribution < 1.29 is 19.4 Å². The summed E-state index contributed by atoms with van der Waals surface area (Å²) < 4.78 is 4.32. The summed E-state index contributed by atoms with van der Waals surface area (Å²) in [5.41, 5.74) is -1.06. The van der Waals surface area contributed by atoms with Gasteiger partial charge in [0.1, 0.15) is 5.54 Å². The van der Waals surface area contributed by atoms with Gasteiger partial charge in [-0.15, -0.1) is 0 Å². The van der Waals surface area contributed by atoms with Crippen molar-refractivity contribution in [3.63, 3.8) is 0 Å². The Labute approximate surface area is 69.7 Å². The van der Waals surface area contributed by atoms with Crippen LogP contribution in [0.5, 0.6) is 0 Å². The maximum atomic E-state index is 10.7. The Bertz CT molecular complexity index is 209. The number of carbonyl (C=O) groups excluding carboxylic acids is 1. The van der Waals surface area contributed by atoms with E-state index in [1.165, 1.54) is 7.11 Å². The van der Waals surface area contributed by atoms with Crippen molar-refractivity contribution in [2.45, 2.75) is 24.8 Å². The number of alkyl carbamates (subject to hydrolysis) is 1. The molecule has 68 valence electrons. The average Bonchev–Trinajstić information content (AvgIpc) is 1.95. The predicted octanol–water partition coefficient (Wildman–Crippen LogP) is 0.350. The maximum absolute atomic E-state index is 10.7. The van der Waals surface area contributed by atoms with Crippen molar-refractivity contribution in [3.05, 3.63) is 0 Å². The third-order valence-electron chi connectivity index (χ3n) is 2.14. The van der Waals surface area contributed by atoms with E-state index in [0.717, 1.165) is 6.42 Å². The molecule has 0 aromatic rings. The molecule has 0 bridgehead atoms. The van der Waals surface area contributed by atoms with Crippen LogP contribution in [0.15, 0.2) is 0 Å². The van der Waals surface area contributed by atoms with E-state index in [1.54, 1.807) is 0 Å². The van der Waals surface area contributed by atoms with E-state index in [0.29, 0.717) is 12.8 Å². The van der Waals surface area contributed by atoms with Crippen molar-refractivity contribution in [1.82, 2.24) is 5.32 Å². The highest BCUT2D eigenvalue weighted by molar-refractivity contribution is 5.85.